The third kappa shape index (κ3) is 2.23. The van der Waals surface area contributed by atoms with Crippen molar-refractivity contribution in [3.63, 3.8) is 0 Å². The Bertz CT molecular complexity index is 528. The van der Waals surface area contributed by atoms with Crippen LogP contribution >= 0.6 is 11.3 Å². The first-order valence-electron chi connectivity index (χ1n) is 5.04. The van der Waals surface area contributed by atoms with Gasteiger partial charge in [-0.25, -0.2) is 0 Å². The van der Waals surface area contributed by atoms with Crippen LogP contribution in [0.4, 0.5) is 0 Å². The predicted octanol–water partition coefficient (Wildman–Crippen LogP) is 3.94. The summed E-state index contributed by atoms with van der Waals surface area (Å²) in [5.74, 6) is 0. The molecule has 0 aliphatic heterocycles. The summed E-state index contributed by atoms with van der Waals surface area (Å²) >= 11 is 1.76. The van der Waals surface area contributed by atoms with E-state index < -0.39 is 0 Å². The molecule has 1 heterocycles. The quantitative estimate of drug-likeness (QED) is 0.790. The predicted molar refractivity (Wildman–Crippen MR) is 73.3 cm³/mol. The molecule has 0 saturated carbocycles. The Morgan fingerprint density at radius 3 is 2.81 bits per heavy atom. The molecule has 2 aromatic rings. The summed E-state index contributed by atoms with van der Waals surface area (Å²) < 4.78 is 1.29. The first-order chi connectivity index (χ1) is 7.81. The fourth-order valence-corrected chi connectivity index (χ4v) is 2.47. The van der Waals surface area contributed by atoms with Crippen molar-refractivity contribution in [2.75, 3.05) is 0 Å². The molecule has 2 N–H and O–H groups in total. The van der Waals surface area contributed by atoms with Gasteiger partial charge in [-0.3, -0.25) is 0 Å². The zero-order valence-corrected chi connectivity index (χ0v) is 9.71. The number of hydrogen-bond donors (Lipinski definition) is 1. The first kappa shape index (κ1) is 10.7. The minimum absolute atomic E-state index is 1.01. The van der Waals surface area contributed by atoms with Gasteiger partial charge in [0.2, 0.25) is 0 Å². The maximum Gasteiger partial charge on any atom is 0.0349 e. The van der Waals surface area contributed by atoms with Crippen LogP contribution in [-0.4, -0.2) is 0 Å². The van der Waals surface area contributed by atoms with Gasteiger partial charge in [0.1, 0.15) is 0 Å². The normalized spacial score (nSPS) is 11.8. The van der Waals surface area contributed by atoms with Crippen molar-refractivity contribution in [1.29, 1.82) is 0 Å². The third-order valence-corrected chi connectivity index (χ3v) is 3.45. The van der Waals surface area contributed by atoms with Crippen LogP contribution in [0.2, 0.25) is 0 Å². The number of hydrogen-bond acceptors (Lipinski definition) is 2. The summed E-state index contributed by atoms with van der Waals surface area (Å²) in [7, 11) is 0. The van der Waals surface area contributed by atoms with E-state index in [0.29, 0.717) is 0 Å². The van der Waals surface area contributed by atoms with Gasteiger partial charge in [-0.05, 0) is 35.4 Å². The Hall–Kier alpha value is -1.80. The Balaban J connectivity index is 2.30. The number of allylic oxidation sites excluding steroid dienone is 4. The van der Waals surface area contributed by atoms with Crippen molar-refractivity contribution >= 4 is 27.0 Å². The summed E-state index contributed by atoms with van der Waals surface area (Å²) in [4.78, 5) is 1.20. The molecule has 0 aliphatic rings. The van der Waals surface area contributed by atoms with Crippen LogP contribution in [-0.2, 0) is 0 Å². The van der Waals surface area contributed by atoms with Gasteiger partial charge in [-0.1, -0.05) is 36.9 Å². The van der Waals surface area contributed by atoms with Gasteiger partial charge in [0.05, 0.1) is 0 Å². The van der Waals surface area contributed by atoms with E-state index in [1.807, 2.05) is 12.2 Å². The van der Waals surface area contributed by atoms with E-state index in [4.69, 9.17) is 5.73 Å². The fourth-order valence-electron chi connectivity index (χ4n) is 1.46. The highest BCUT2D eigenvalue weighted by Crippen LogP contribution is 2.30. The molecule has 1 aromatic carbocycles. The molecule has 2 heteroatoms. The summed E-state index contributed by atoms with van der Waals surface area (Å²) in [5, 5.41) is 1.27. The van der Waals surface area contributed by atoms with Crippen LogP contribution in [0.15, 0.2) is 61.3 Å². The van der Waals surface area contributed by atoms with Crippen molar-refractivity contribution in [1.82, 2.24) is 0 Å². The highest BCUT2D eigenvalue weighted by atomic mass is 32.1. The highest BCUT2D eigenvalue weighted by molar-refractivity contribution is 7.20. The SMILES string of the molecule is C=C(/C=C\C=C/N)c1cc2ccccc2s1. The van der Waals surface area contributed by atoms with E-state index in [9.17, 15) is 0 Å². The van der Waals surface area contributed by atoms with Gasteiger partial charge in [0.25, 0.3) is 0 Å². The largest absolute Gasteiger partial charge is 0.405 e. The molecule has 2 rings (SSSR count). The number of benzene rings is 1. The van der Waals surface area contributed by atoms with E-state index in [2.05, 4.69) is 36.9 Å². The maximum atomic E-state index is 5.26. The molecule has 0 spiro atoms. The number of thiophene rings is 1. The zero-order chi connectivity index (χ0) is 11.4. The average molecular weight is 227 g/mol. The Labute approximate surface area is 99.2 Å². The summed E-state index contributed by atoms with van der Waals surface area (Å²) in [6, 6.07) is 10.5. The Morgan fingerprint density at radius 2 is 2.06 bits per heavy atom. The second-order valence-electron chi connectivity index (χ2n) is 3.42. The zero-order valence-electron chi connectivity index (χ0n) is 8.89. The topological polar surface area (TPSA) is 26.0 Å². The molecular formula is C14H13NS. The Morgan fingerprint density at radius 1 is 1.25 bits per heavy atom. The smallest absolute Gasteiger partial charge is 0.0349 e. The van der Waals surface area contributed by atoms with E-state index in [0.717, 1.165) is 5.57 Å². The minimum Gasteiger partial charge on any atom is -0.405 e. The van der Waals surface area contributed by atoms with Crippen LogP contribution in [0.25, 0.3) is 15.7 Å². The first-order valence-corrected chi connectivity index (χ1v) is 5.86. The van der Waals surface area contributed by atoms with Gasteiger partial charge in [-0.2, -0.15) is 0 Å². The highest BCUT2D eigenvalue weighted by Gasteiger charge is 2.01. The van der Waals surface area contributed by atoms with Gasteiger partial charge in [0, 0.05) is 9.58 Å². The van der Waals surface area contributed by atoms with Crippen molar-refractivity contribution in [2.45, 2.75) is 0 Å². The summed E-state index contributed by atoms with van der Waals surface area (Å²) in [6.45, 7) is 4.04. The molecule has 16 heavy (non-hydrogen) atoms. The maximum absolute atomic E-state index is 5.26. The monoisotopic (exact) mass is 227 g/mol. The lowest BCUT2D eigenvalue weighted by Gasteiger charge is -1.91. The lowest BCUT2D eigenvalue weighted by atomic mass is 10.2. The van der Waals surface area contributed by atoms with Crippen molar-refractivity contribution in [2.24, 2.45) is 5.73 Å². The van der Waals surface area contributed by atoms with Crippen LogP contribution < -0.4 is 5.73 Å². The average Bonchev–Trinajstić information content (AvgIpc) is 2.73. The second-order valence-corrected chi connectivity index (χ2v) is 4.50. The summed E-state index contributed by atoms with van der Waals surface area (Å²) in [5.41, 5.74) is 6.27. The van der Waals surface area contributed by atoms with Crippen LogP contribution in [0, 0.1) is 0 Å². The van der Waals surface area contributed by atoms with Crippen LogP contribution in [0.5, 0.6) is 0 Å². The van der Waals surface area contributed by atoms with E-state index in [1.165, 1.54) is 21.2 Å². The molecule has 0 aliphatic carbocycles. The molecule has 0 radical (unpaired) electrons. The third-order valence-electron chi connectivity index (χ3n) is 2.26. The van der Waals surface area contributed by atoms with Crippen LogP contribution in [0.3, 0.4) is 0 Å². The minimum atomic E-state index is 1.01. The molecule has 0 unspecified atom stereocenters. The molecule has 1 nitrogen and oxygen atoms in total. The van der Waals surface area contributed by atoms with Crippen LogP contribution in [0.1, 0.15) is 4.88 Å². The molecule has 0 amide bonds. The lowest BCUT2D eigenvalue weighted by Crippen LogP contribution is -1.73. The molecule has 0 saturated heterocycles. The lowest BCUT2D eigenvalue weighted by molar-refractivity contribution is 1.60. The summed E-state index contributed by atoms with van der Waals surface area (Å²) in [6.07, 6.45) is 7.16. The molecule has 0 atom stereocenters. The van der Waals surface area contributed by atoms with Crippen molar-refractivity contribution in [3.8, 4) is 0 Å². The van der Waals surface area contributed by atoms with Gasteiger partial charge in [-0.15, -0.1) is 11.3 Å². The second kappa shape index (κ2) is 4.81. The van der Waals surface area contributed by atoms with Gasteiger partial charge >= 0.3 is 0 Å². The number of nitrogens with two attached hydrogens (primary N) is 1. The Kier molecular flexibility index (Phi) is 3.22. The van der Waals surface area contributed by atoms with Crippen molar-refractivity contribution in [3.05, 3.63) is 66.2 Å². The van der Waals surface area contributed by atoms with Gasteiger partial charge in [0.15, 0.2) is 0 Å². The fraction of sp³-hybridized carbons (Fsp3) is 0. The number of fused-ring (bicyclic) bond motifs is 1. The van der Waals surface area contributed by atoms with E-state index >= 15 is 0 Å². The van der Waals surface area contributed by atoms with Gasteiger partial charge < -0.3 is 5.73 Å². The molecule has 80 valence electrons. The molecular weight excluding hydrogens is 214 g/mol. The number of rotatable bonds is 3. The van der Waals surface area contributed by atoms with E-state index in [-0.39, 0.29) is 0 Å². The molecule has 0 bridgehead atoms. The van der Waals surface area contributed by atoms with E-state index in [1.54, 1.807) is 17.4 Å². The molecule has 0 fully saturated rings. The van der Waals surface area contributed by atoms with Crippen molar-refractivity contribution < 1.29 is 0 Å². The molecule has 1 aromatic heterocycles. The standard InChI is InChI=1S/C14H13NS/c1-11(6-4-5-9-15)14-10-12-7-2-3-8-13(12)16-14/h2-10H,1,15H2/b6-4-,9-5-.